The van der Waals surface area contributed by atoms with E-state index < -0.39 is 0 Å². The minimum absolute atomic E-state index is 0.0646. The first kappa shape index (κ1) is 12.6. The second-order valence-corrected chi connectivity index (χ2v) is 6.23. The maximum atomic E-state index is 12.4. The van der Waals surface area contributed by atoms with E-state index >= 15 is 0 Å². The summed E-state index contributed by atoms with van der Waals surface area (Å²) in [6.45, 7) is 1.62. The predicted molar refractivity (Wildman–Crippen MR) is 68.5 cm³/mol. The number of carbonyl (C=O) groups is 1. The lowest BCUT2D eigenvalue weighted by molar-refractivity contribution is -0.138. The molecule has 18 heavy (non-hydrogen) atoms. The Balaban J connectivity index is 1.56. The number of hydrogen-bond donors (Lipinski definition) is 0. The SMILES string of the molecule is O=C(CC1CCCO1)C1CCOC2(CCCC2)C1. The number of Topliss-reactive ketones (excluding diaryl/α,β-unsaturated/α-hetero) is 1. The molecule has 3 rings (SSSR count). The number of rotatable bonds is 3. The molecule has 102 valence electrons. The van der Waals surface area contributed by atoms with Gasteiger partial charge >= 0.3 is 0 Å². The number of ketones is 1. The van der Waals surface area contributed by atoms with Crippen LogP contribution in [0.4, 0.5) is 0 Å². The van der Waals surface area contributed by atoms with Crippen molar-refractivity contribution in [3.8, 4) is 0 Å². The van der Waals surface area contributed by atoms with E-state index in [2.05, 4.69) is 0 Å². The molecule has 2 atom stereocenters. The normalized spacial score (nSPS) is 35.1. The third-order valence-corrected chi connectivity index (χ3v) is 4.92. The Bertz CT molecular complexity index is 301. The summed E-state index contributed by atoms with van der Waals surface area (Å²) in [5, 5.41) is 0. The third-order valence-electron chi connectivity index (χ3n) is 4.92. The van der Waals surface area contributed by atoms with Crippen LogP contribution < -0.4 is 0 Å². The van der Waals surface area contributed by atoms with Crippen LogP contribution in [0.15, 0.2) is 0 Å². The van der Waals surface area contributed by atoms with Crippen molar-refractivity contribution in [2.45, 2.75) is 69.5 Å². The van der Waals surface area contributed by atoms with Gasteiger partial charge < -0.3 is 9.47 Å². The van der Waals surface area contributed by atoms with Crippen molar-refractivity contribution in [3.63, 3.8) is 0 Å². The van der Waals surface area contributed by atoms with Gasteiger partial charge in [0.1, 0.15) is 5.78 Å². The Hall–Kier alpha value is -0.410. The molecule has 3 heteroatoms. The lowest BCUT2D eigenvalue weighted by Gasteiger charge is -2.38. The molecular weight excluding hydrogens is 228 g/mol. The topological polar surface area (TPSA) is 35.5 Å². The van der Waals surface area contributed by atoms with Crippen LogP contribution in [0.25, 0.3) is 0 Å². The molecule has 2 saturated heterocycles. The molecule has 2 heterocycles. The molecule has 0 aromatic rings. The monoisotopic (exact) mass is 252 g/mol. The second kappa shape index (κ2) is 5.30. The molecule has 1 aliphatic carbocycles. The smallest absolute Gasteiger partial charge is 0.138 e. The van der Waals surface area contributed by atoms with Crippen molar-refractivity contribution in [3.05, 3.63) is 0 Å². The zero-order valence-corrected chi connectivity index (χ0v) is 11.2. The summed E-state index contributed by atoms with van der Waals surface area (Å²) in [6.07, 6.45) is 9.80. The average molecular weight is 252 g/mol. The molecule has 0 N–H and O–H groups in total. The molecule has 3 fully saturated rings. The van der Waals surface area contributed by atoms with Crippen molar-refractivity contribution >= 4 is 5.78 Å². The van der Waals surface area contributed by atoms with E-state index in [1.165, 1.54) is 12.8 Å². The van der Waals surface area contributed by atoms with E-state index in [-0.39, 0.29) is 17.6 Å². The Labute approximate surface area is 109 Å². The van der Waals surface area contributed by atoms with Gasteiger partial charge in [0.25, 0.3) is 0 Å². The molecule has 3 nitrogen and oxygen atoms in total. The summed E-state index contributed by atoms with van der Waals surface area (Å²) >= 11 is 0. The number of hydrogen-bond acceptors (Lipinski definition) is 3. The third kappa shape index (κ3) is 2.62. The fourth-order valence-corrected chi connectivity index (χ4v) is 3.87. The Morgan fingerprint density at radius 3 is 2.67 bits per heavy atom. The average Bonchev–Trinajstić information content (AvgIpc) is 3.02. The molecule has 0 aromatic carbocycles. The van der Waals surface area contributed by atoms with E-state index in [0.717, 1.165) is 51.7 Å². The molecule has 3 aliphatic rings. The van der Waals surface area contributed by atoms with Crippen molar-refractivity contribution < 1.29 is 14.3 Å². The zero-order chi connectivity index (χ0) is 12.4. The lowest BCUT2D eigenvalue weighted by atomic mass is 9.81. The van der Waals surface area contributed by atoms with Crippen molar-refractivity contribution in [2.75, 3.05) is 13.2 Å². The largest absolute Gasteiger partial charge is 0.378 e. The van der Waals surface area contributed by atoms with Crippen LogP contribution in [0.2, 0.25) is 0 Å². The molecule has 1 spiro atoms. The van der Waals surface area contributed by atoms with Gasteiger partial charge in [0.15, 0.2) is 0 Å². The van der Waals surface area contributed by atoms with Crippen molar-refractivity contribution in [1.29, 1.82) is 0 Å². The summed E-state index contributed by atoms with van der Waals surface area (Å²) < 4.78 is 11.6. The van der Waals surface area contributed by atoms with Gasteiger partial charge in [0.2, 0.25) is 0 Å². The minimum atomic E-state index is 0.0646. The molecule has 1 saturated carbocycles. The summed E-state index contributed by atoms with van der Waals surface area (Å²) in [5.41, 5.74) is 0.0646. The van der Waals surface area contributed by atoms with E-state index in [1.807, 2.05) is 0 Å². The summed E-state index contributed by atoms with van der Waals surface area (Å²) in [7, 11) is 0. The highest BCUT2D eigenvalue weighted by atomic mass is 16.5. The minimum Gasteiger partial charge on any atom is -0.378 e. The molecule has 2 aliphatic heterocycles. The summed E-state index contributed by atoms with van der Waals surface area (Å²) in [5.74, 6) is 0.664. The van der Waals surface area contributed by atoms with E-state index in [1.54, 1.807) is 0 Å². The second-order valence-electron chi connectivity index (χ2n) is 6.23. The zero-order valence-electron chi connectivity index (χ0n) is 11.2. The van der Waals surface area contributed by atoms with Gasteiger partial charge in [-0.3, -0.25) is 4.79 Å². The molecule has 0 bridgehead atoms. The van der Waals surface area contributed by atoms with Crippen LogP contribution in [-0.4, -0.2) is 30.7 Å². The molecule has 0 amide bonds. The van der Waals surface area contributed by atoms with Gasteiger partial charge in [-0.25, -0.2) is 0 Å². The highest BCUT2D eigenvalue weighted by molar-refractivity contribution is 5.81. The van der Waals surface area contributed by atoms with Gasteiger partial charge in [-0.05, 0) is 38.5 Å². The maximum Gasteiger partial charge on any atom is 0.138 e. The Morgan fingerprint density at radius 2 is 1.94 bits per heavy atom. The number of carbonyl (C=O) groups excluding carboxylic acids is 1. The highest BCUT2D eigenvalue weighted by Gasteiger charge is 2.42. The van der Waals surface area contributed by atoms with Crippen LogP contribution in [-0.2, 0) is 14.3 Å². The quantitative estimate of drug-likeness (QED) is 0.774. The van der Waals surface area contributed by atoms with Gasteiger partial charge in [-0.1, -0.05) is 12.8 Å². The van der Waals surface area contributed by atoms with E-state index in [0.29, 0.717) is 12.2 Å². The fourth-order valence-electron chi connectivity index (χ4n) is 3.87. The van der Waals surface area contributed by atoms with Gasteiger partial charge in [-0.15, -0.1) is 0 Å². The van der Waals surface area contributed by atoms with Crippen LogP contribution in [0.5, 0.6) is 0 Å². The first-order valence-corrected chi connectivity index (χ1v) is 7.56. The summed E-state index contributed by atoms with van der Waals surface area (Å²) in [4.78, 5) is 12.4. The maximum absolute atomic E-state index is 12.4. The first-order chi connectivity index (χ1) is 8.77. The van der Waals surface area contributed by atoms with Crippen LogP contribution in [0.1, 0.15) is 57.8 Å². The Kier molecular flexibility index (Phi) is 3.71. The predicted octanol–water partition coefficient (Wildman–Crippen LogP) is 2.86. The van der Waals surface area contributed by atoms with Crippen molar-refractivity contribution in [2.24, 2.45) is 5.92 Å². The number of ether oxygens (including phenoxy) is 2. The lowest BCUT2D eigenvalue weighted by Crippen LogP contribution is -2.40. The van der Waals surface area contributed by atoms with E-state index in [9.17, 15) is 4.79 Å². The first-order valence-electron chi connectivity index (χ1n) is 7.56. The van der Waals surface area contributed by atoms with Crippen LogP contribution in [0, 0.1) is 5.92 Å². The molecule has 0 radical (unpaired) electrons. The van der Waals surface area contributed by atoms with Crippen LogP contribution >= 0.6 is 0 Å². The Morgan fingerprint density at radius 1 is 1.11 bits per heavy atom. The standard InChI is InChI=1S/C15H24O3/c16-14(10-13-4-3-8-17-13)12-5-9-18-15(11-12)6-1-2-7-15/h12-13H,1-11H2. The molecular formula is C15H24O3. The van der Waals surface area contributed by atoms with Gasteiger partial charge in [0.05, 0.1) is 11.7 Å². The van der Waals surface area contributed by atoms with Crippen molar-refractivity contribution in [1.82, 2.24) is 0 Å². The van der Waals surface area contributed by atoms with Gasteiger partial charge in [0, 0.05) is 25.6 Å². The highest BCUT2D eigenvalue weighted by Crippen LogP contribution is 2.42. The molecule has 2 unspecified atom stereocenters. The summed E-state index contributed by atoms with van der Waals surface area (Å²) in [6, 6.07) is 0. The fraction of sp³-hybridized carbons (Fsp3) is 0.933. The molecule has 0 aromatic heterocycles. The van der Waals surface area contributed by atoms with Crippen LogP contribution in [0.3, 0.4) is 0 Å². The van der Waals surface area contributed by atoms with E-state index in [4.69, 9.17) is 9.47 Å². The van der Waals surface area contributed by atoms with Gasteiger partial charge in [-0.2, -0.15) is 0 Å².